The van der Waals surface area contributed by atoms with E-state index in [1.807, 2.05) is 0 Å². The molecule has 17 heavy (non-hydrogen) atoms. The van der Waals surface area contributed by atoms with E-state index in [0.29, 0.717) is 17.9 Å². The van der Waals surface area contributed by atoms with Gasteiger partial charge in [0.2, 0.25) is 0 Å². The van der Waals surface area contributed by atoms with Gasteiger partial charge in [0.15, 0.2) is 0 Å². The first-order valence-electron chi connectivity index (χ1n) is 7.03. The first-order valence-corrected chi connectivity index (χ1v) is 7.03. The molecule has 0 bridgehead atoms. The number of nitrogens with one attached hydrogen (secondary N) is 1. The summed E-state index contributed by atoms with van der Waals surface area (Å²) in [5.74, 6) is 1.29. The average molecular weight is 243 g/mol. The van der Waals surface area contributed by atoms with Crippen LogP contribution < -0.4 is 5.32 Å². The molecule has 3 nitrogen and oxygen atoms in total. The van der Waals surface area contributed by atoms with Crippen molar-refractivity contribution in [3.63, 3.8) is 0 Å². The molecule has 102 valence electrons. The summed E-state index contributed by atoms with van der Waals surface area (Å²) >= 11 is 0. The third-order valence-corrected chi connectivity index (χ3v) is 3.86. The molecule has 0 aromatic heterocycles. The third kappa shape index (κ3) is 5.84. The molecule has 3 unspecified atom stereocenters. The largest absolute Gasteiger partial charge is 0.393 e. The summed E-state index contributed by atoms with van der Waals surface area (Å²) in [6.45, 7) is 6.37. The molecule has 1 aliphatic carbocycles. The second kappa shape index (κ2) is 8.06. The summed E-state index contributed by atoms with van der Waals surface area (Å²) in [6.07, 6.45) is 5.42. The monoisotopic (exact) mass is 243 g/mol. The van der Waals surface area contributed by atoms with E-state index in [1.165, 1.54) is 12.8 Å². The van der Waals surface area contributed by atoms with Crippen LogP contribution in [0.4, 0.5) is 0 Å². The van der Waals surface area contributed by atoms with Crippen molar-refractivity contribution in [2.75, 3.05) is 20.3 Å². The minimum Gasteiger partial charge on any atom is -0.393 e. The van der Waals surface area contributed by atoms with Crippen molar-refractivity contribution < 1.29 is 9.84 Å². The van der Waals surface area contributed by atoms with E-state index < -0.39 is 0 Å². The first kappa shape index (κ1) is 14.9. The summed E-state index contributed by atoms with van der Waals surface area (Å²) in [6, 6.07) is 0.536. The molecule has 0 spiro atoms. The summed E-state index contributed by atoms with van der Waals surface area (Å²) in [5, 5.41) is 13.3. The van der Waals surface area contributed by atoms with Crippen molar-refractivity contribution in [1.82, 2.24) is 5.32 Å². The lowest BCUT2D eigenvalue weighted by Gasteiger charge is -2.29. The number of hydrogen-bond donors (Lipinski definition) is 2. The van der Waals surface area contributed by atoms with Crippen LogP contribution >= 0.6 is 0 Å². The molecule has 0 aromatic rings. The number of methoxy groups -OCH3 is 1. The Balaban J connectivity index is 2.25. The van der Waals surface area contributed by atoms with E-state index in [4.69, 9.17) is 4.74 Å². The first-order chi connectivity index (χ1) is 8.13. The molecule has 0 aliphatic heterocycles. The molecule has 0 aromatic carbocycles. The average Bonchev–Trinajstić information content (AvgIpc) is 2.28. The zero-order valence-corrected chi connectivity index (χ0v) is 11.6. The Labute approximate surface area is 106 Å². The quantitative estimate of drug-likeness (QED) is 0.720. The fraction of sp³-hybridized carbons (Fsp3) is 1.00. The van der Waals surface area contributed by atoms with Crippen molar-refractivity contribution in [1.29, 1.82) is 0 Å². The van der Waals surface area contributed by atoms with Gasteiger partial charge in [-0.2, -0.15) is 0 Å². The van der Waals surface area contributed by atoms with Crippen LogP contribution in [0.3, 0.4) is 0 Å². The van der Waals surface area contributed by atoms with E-state index in [9.17, 15) is 5.11 Å². The smallest absolute Gasteiger partial charge is 0.0543 e. The molecule has 1 aliphatic rings. The molecule has 3 atom stereocenters. The Morgan fingerprint density at radius 1 is 1.35 bits per heavy atom. The van der Waals surface area contributed by atoms with Gasteiger partial charge in [0.1, 0.15) is 0 Å². The van der Waals surface area contributed by atoms with Crippen LogP contribution in [-0.4, -0.2) is 37.5 Å². The standard InChI is InChI=1S/C14H29NO2/c1-11(2)14(7-8-17-3)15-10-12-5-4-6-13(16)9-12/h11-16H,4-10H2,1-3H3. The van der Waals surface area contributed by atoms with Gasteiger partial charge in [-0.25, -0.2) is 0 Å². The molecule has 3 heteroatoms. The summed E-state index contributed by atoms with van der Waals surface area (Å²) in [5.41, 5.74) is 0. The minimum atomic E-state index is -0.0629. The van der Waals surface area contributed by atoms with E-state index in [2.05, 4.69) is 19.2 Å². The van der Waals surface area contributed by atoms with E-state index >= 15 is 0 Å². The number of rotatable bonds is 7. The second-order valence-corrected chi connectivity index (χ2v) is 5.73. The third-order valence-electron chi connectivity index (χ3n) is 3.86. The van der Waals surface area contributed by atoms with Crippen molar-refractivity contribution in [3.05, 3.63) is 0 Å². The minimum absolute atomic E-state index is 0.0629. The molecule has 1 rings (SSSR count). The highest BCUT2D eigenvalue weighted by Gasteiger charge is 2.21. The maximum atomic E-state index is 9.65. The van der Waals surface area contributed by atoms with Crippen LogP contribution in [0.2, 0.25) is 0 Å². The van der Waals surface area contributed by atoms with Crippen LogP contribution in [0, 0.1) is 11.8 Å². The lowest BCUT2D eigenvalue weighted by atomic mass is 9.87. The Morgan fingerprint density at radius 2 is 2.12 bits per heavy atom. The number of ether oxygens (including phenoxy) is 1. The van der Waals surface area contributed by atoms with Crippen LogP contribution in [0.25, 0.3) is 0 Å². The number of aliphatic hydroxyl groups is 1. The number of hydrogen-bond acceptors (Lipinski definition) is 3. The second-order valence-electron chi connectivity index (χ2n) is 5.73. The van der Waals surface area contributed by atoms with Crippen molar-refractivity contribution in [2.45, 2.75) is 58.1 Å². The Kier molecular flexibility index (Phi) is 7.09. The molecular weight excluding hydrogens is 214 g/mol. The van der Waals surface area contributed by atoms with Crippen LogP contribution in [0.5, 0.6) is 0 Å². The Morgan fingerprint density at radius 3 is 2.71 bits per heavy atom. The maximum Gasteiger partial charge on any atom is 0.0543 e. The molecule has 0 amide bonds. The van der Waals surface area contributed by atoms with Crippen LogP contribution in [0.15, 0.2) is 0 Å². The lowest BCUT2D eigenvalue weighted by Crippen LogP contribution is -2.39. The van der Waals surface area contributed by atoms with Crippen molar-refractivity contribution in [3.8, 4) is 0 Å². The van der Waals surface area contributed by atoms with Gasteiger partial charge in [0.05, 0.1) is 6.10 Å². The normalized spacial score (nSPS) is 27.4. The van der Waals surface area contributed by atoms with Gasteiger partial charge in [0, 0.05) is 19.8 Å². The lowest BCUT2D eigenvalue weighted by molar-refractivity contribution is 0.0975. The van der Waals surface area contributed by atoms with Gasteiger partial charge < -0.3 is 15.2 Å². The highest BCUT2D eigenvalue weighted by molar-refractivity contribution is 4.77. The molecule has 1 fully saturated rings. The molecule has 0 radical (unpaired) electrons. The van der Waals surface area contributed by atoms with Gasteiger partial charge in [0.25, 0.3) is 0 Å². The highest BCUT2D eigenvalue weighted by atomic mass is 16.5. The maximum absolute atomic E-state index is 9.65. The van der Waals surface area contributed by atoms with Gasteiger partial charge in [-0.05, 0) is 44.1 Å². The SMILES string of the molecule is COCCC(NCC1CCCC(O)C1)C(C)C. The van der Waals surface area contributed by atoms with Crippen LogP contribution in [-0.2, 0) is 4.74 Å². The topological polar surface area (TPSA) is 41.5 Å². The molecule has 0 saturated heterocycles. The predicted molar refractivity (Wildman–Crippen MR) is 71.1 cm³/mol. The fourth-order valence-corrected chi connectivity index (χ4v) is 2.68. The Bertz CT molecular complexity index is 197. The van der Waals surface area contributed by atoms with Gasteiger partial charge in [-0.15, -0.1) is 0 Å². The van der Waals surface area contributed by atoms with Gasteiger partial charge >= 0.3 is 0 Å². The molecule has 0 heterocycles. The van der Waals surface area contributed by atoms with Gasteiger partial charge in [-0.3, -0.25) is 0 Å². The Hall–Kier alpha value is -0.120. The predicted octanol–water partition coefficient (Wildman–Crippen LogP) is 2.19. The summed E-state index contributed by atoms with van der Waals surface area (Å²) < 4.78 is 5.15. The summed E-state index contributed by atoms with van der Waals surface area (Å²) in [7, 11) is 1.76. The van der Waals surface area contributed by atoms with E-state index in [-0.39, 0.29) is 6.10 Å². The van der Waals surface area contributed by atoms with Crippen LogP contribution in [0.1, 0.15) is 46.0 Å². The fourth-order valence-electron chi connectivity index (χ4n) is 2.68. The van der Waals surface area contributed by atoms with Gasteiger partial charge in [-0.1, -0.05) is 20.3 Å². The van der Waals surface area contributed by atoms with Crippen molar-refractivity contribution >= 4 is 0 Å². The highest BCUT2D eigenvalue weighted by Crippen LogP contribution is 2.23. The van der Waals surface area contributed by atoms with E-state index in [1.54, 1.807) is 7.11 Å². The zero-order valence-electron chi connectivity index (χ0n) is 11.6. The number of aliphatic hydroxyl groups excluding tert-OH is 1. The molecule has 1 saturated carbocycles. The molecule has 2 N–H and O–H groups in total. The summed E-state index contributed by atoms with van der Waals surface area (Å²) in [4.78, 5) is 0. The zero-order chi connectivity index (χ0) is 12.7. The van der Waals surface area contributed by atoms with E-state index in [0.717, 1.165) is 32.4 Å². The molecular formula is C14H29NO2. The van der Waals surface area contributed by atoms with Crippen molar-refractivity contribution in [2.24, 2.45) is 11.8 Å².